The minimum Gasteiger partial charge on any atom is -0.389 e. The van der Waals surface area contributed by atoms with Crippen molar-refractivity contribution in [3.8, 4) is 0 Å². The number of likely N-dealkylation sites (N-methyl/N-ethyl adjacent to an activating group) is 2. The Balaban J connectivity index is 2.27. The first kappa shape index (κ1) is 15.2. The van der Waals surface area contributed by atoms with Crippen molar-refractivity contribution in [2.75, 3.05) is 32.6 Å². The van der Waals surface area contributed by atoms with Gasteiger partial charge < -0.3 is 15.5 Å². The first-order valence-corrected chi connectivity index (χ1v) is 7.42. The van der Waals surface area contributed by atoms with Gasteiger partial charge >= 0.3 is 0 Å². The van der Waals surface area contributed by atoms with Crippen LogP contribution in [0.1, 0.15) is 30.5 Å². The molecule has 5 heteroatoms. The van der Waals surface area contributed by atoms with Gasteiger partial charge in [-0.25, -0.2) is 4.98 Å². The fourth-order valence-corrected chi connectivity index (χ4v) is 3.03. The molecule has 0 saturated heterocycles. The average Bonchev–Trinajstić information content (AvgIpc) is 2.32. The van der Waals surface area contributed by atoms with Gasteiger partial charge in [0.15, 0.2) is 0 Å². The average molecular weight is 292 g/mol. The number of aryl methyl sites for hydroxylation is 1. The van der Waals surface area contributed by atoms with Gasteiger partial charge in [0.05, 0.1) is 5.56 Å². The van der Waals surface area contributed by atoms with Gasteiger partial charge in [-0.3, -0.25) is 0 Å². The highest BCUT2D eigenvalue weighted by molar-refractivity contribution is 7.80. The zero-order valence-electron chi connectivity index (χ0n) is 12.8. The van der Waals surface area contributed by atoms with Crippen molar-refractivity contribution in [3.05, 3.63) is 23.4 Å². The third-order valence-corrected chi connectivity index (χ3v) is 4.63. The quantitative estimate of drug-likeness (QED) is 0.840. The summed E-state index contributed by atoms with van der Waals surface area (Å²) in [5.74, 6) is 0.894. The highest BCUT2D eigenvalue weighted by Crippen LogP contribution is 2.37. The van der Waals surface area contributed by atoms with E-state index in [0.29, 0.717) is 4.99 Å². The number of nitrogens with zero attached hydrogens (tertiary/aromatic N) is 3. The Morgan fingerprint density at radius 1 is 1.35 bits per heavy atom. The molecule has 1 saturated carbocycles. The van der Waals surface area contributed by atoms with Crippen LogP contribution in [0, 0.1) is 6.92 Å². The second kappa shape index (κ2) is 5.66. The second-order valence-electron chi connectivity index (χ2n) is 6.02. The lowest BCUT2D eigenvalue weighted by Crippen LogP contribution is -2.57. The molecule has 4 nitrogen and oxygen atoms in total. The van der Waals surface area contributed by atoms with Crippen LogP contribution in [-0.4, -0.2) is 48.1 Å². The number of anilines is 1. The summed E-state index contributed by atoms with van der Waals surface area (Å²) < 4.78 is 0. The third kappa shape index (κ3) is 2.79. The molecule has 0 aliphatic heterocycles. The molecule has 1 aliphatic rings. The molecule has 1 fully saturated rings. The van der Waals surface area contributed by atoms with Crippen LogP contribution in [0.4, 0.5) is 5.82 Å². The van der Waals surface area contributed by atoms with Crippen LogP contribution in [0.15, 0.2) is 12.1 Å². The van der Waals surface area contributed by atoms with Crippen molar-refractivity contribution < 1.29 is 0 Å². The maximum atomic E-state index is 5.83. The molecule has 20 heavy (non-hydrogen) atoms. The number of aromatic nitrogens is 1. The molecule has 1 aromatic rings. The first-order valence-electron chi connectivity index (χ1n) is 7.02. The predicted molar refractivity (Wildman–Crippen MR) is 88.4 cm³/mol. The third-order valence-electron chi connectivity index (χ3n) is 4.41. The Morgan fingerprint density at radius 2 is 2.00 bits per heavy atom. The topological polar surface area (TPSA) is 45.4 Å². The molecular formula is C15H24N4S. The van der Waals surface area contributed by atoms with Gasteiger partial charge in [-0.05, 0) is 52.4 Å². The summed E-state index contributed by atoms with van der Waals surface area (Å²) in [6.45, 7) is 2.94. The number of nitrogens with two attached hydrogens (primary N) is 1. The number of hydrogen-bond donors (Lipinski definition) is 1. The molecule has 0 radical (unpaired) electrons. The van der Waals surface area contributed by atoms with Crippen molar-refractivity contribution >= 4 is 23.0 Å². The van der Waals surface area contributed by atoms with E-state index in [1.165, 1.54) is 19.3 Å². The summed E-state index contributed by atoms with van der Waals surface area (Å²) in [5, 5.41) is 0. The summed E-state index contributed by atoms with van der Waals surface area (Å²) in [7, 11) is 6.39. The fraction of sp³-hybridized carbons (Fsp3) is 0.600. The highest BCUT2D eigenvalue weighted by Gasteiger charge is 2.40. The molecule has 0 spiro atoms. The summed E-state index contributed by atoms with van der Waals surface area (Å²) in [6.07, 6.45) is 3.77. The number of rotatable bonds is 5. The van der Waals surface area contributed by atoms with Gasteiger partial charge in [0, 0.05) is 24.8 Å². The summed E-state index contributed by atoms with van der Waals surface area (Å²) >= 11 is 5.15. The van der Waals surface area contributed by atoms with Gasteiger partial charge in [0.25, 0.3) is 0 Å². The van der Waals surface area contributed by atoms with E-state index in [4.69, 9.17) is 18.0 Å². The van der Waals surface area contributed by atoms with E-state index in [1.807, 2.05) is 19.1 Å². The lowest BCUT2D eigenvalue weighted by atomic mass is 9.75. The lowest BCUT2D eigenvalue weighted by Gasteiger charge is -2.49. The monoisotopic (exact) mass is 292 g/mol. The normalized spacial score (nSPS) is 16.9. The van der Waals surface area contributed by atoms with E-state index in [2.05, 4.69) is 35.9 Å². The van der Waals surface area contributed by atoms with Gasteiger partial charge in [0.2, 0.25) is 0 Å². The Bertz CT molecular complexity index is 509. The van der Waals surface area contributed by atoms with Crippen LogP contribution >= 0.6 is 12.2 Å². The lowest BCUT2D eigenvalue weighted by molar-refractivity contribution is 0.0681. The van der Waals surface area contributed by atoms with Crippen LogP contribution in [0.3, 0.4) is 0 Å². The van der Waals surface area contributed by atoms with Crippen LogP contribution in [0.5, 0.6) is 0 Å². The number of hydrogen-bond acceptors (Lipinski definition) is 4. The molecule has 1 heterocycles. The number of thiocarbonyl (C=S) groups is 1. The van der Waals surface area contributed by atoms with Gasteiger partial charge in [-0.2, -0.15) is 0 Å². The molecule has 0 bridgehead atoms. The van der Waals surface area contributed by atoms with Crippen LogP contribution in [0.2, 0.25) is 0 Å². The van der Waals surface area contributed by atoms with E-state index >= 15 is 0 Å². The SMILES string of the molecule is Cc1ccc(C(N)=S)c(N(C)CC2(N(C)C)CCC2)n1. The second-order valence-corrected chi connectivity index (χ2v) is 6.46. The fourth-order valence-electron chi connectivity index (χ4n) is 2.87. The largest absolute Gasteiger partial charge is 0.389 e. The minimum atomic E-state index is 0.258. The molecule has 0 atom stereocenters. The van der Waals surface area contributed by atoms with Crippen LogP contribution < -0.4 is 10.6 Å². The van der Waals surface area contributed by atoms with Gasteiger partial charge in [0.1, 0.15) is 10.8 Å². The Labute approximate surface area is 127 Å². The molecule has 0 amide bonds. The maximum Gasteiger partial charge on any atom is 0.138 e. The maximum absolute atomic E-state index is 5.83. The predicted octanol–water partition coefficient (Wildman–Crippen LogP) is 1.94. The first-order chi connectivity index (χ1) is 9.35. The minimum absolute atomic E-state index is 0.258. The molecule has 1 aromatic heterocycles. The zero-order chi connectivity index (χ0) is 14.9. The zero-order valence-corrected chi connectivity index (χ0v) is 13.6. The van der Waals surface area contributed by atoms with Gasteiger partial charge in [-0.1, -0.05) is 12.2 Å². The van der Waals surface area contributed by atoms with E-state index in [0.717, 1.165) is 23.6 Å². The highest BCUT2D eigenvalue weighted by atomic mass is 32.1. The van der Waals surface area contributed by atoms with E-state index in [-0.39, 0.29) is 5.54 Å². The molecule has 0 aromatic carbocycles. The smallest absolute Gasteiger partial charge is 0.138 e. The standard InChI is InChI=1S/C15H24N4S/c1-11-6-7-12(13(16)20)14(17-11)19(4)10-15(18(2)3)8-5-9-15/h6-7H,5,8-10H2,1-4H3,(H2,16,20). The number of pyridine rings is 1. The van der Waals surface area contributed by atoms with Crippen molar-refractivity contribution in [1.29, 1.82) is 0 Å². The summed E-state index contributed by atoms with van der Waals surface area (Å²) in [4.78, 5) is 9.58. The van der Waals surface area contributed by atoms with Crippen molar-refractivity contribution in [3.63, 3.8) is 0 Å². The van der Waals surface area contributed by atoms with Crippen molar-refractivity contribution in [2.24, 2.45) is 5.73 Å². The molecule has 0 unspecified atom stereocenters. The van der Waals surface area contributed by atoms with Crippen LogP contribution in [0.25, 0.3) is 0 Å². The van der Waals surface area contributed by atoms with Crippen molar-refractivity contribution in [2.45, 2.75) is 31.7 Å². The van der Waals surface area contributed by atoms with Gasteiger partial charge in [-0.15, -0.1) is 0 Å². The Morgan fingerprint density at radius 3 is 2.45 bits per heavy atom. The van der Waals surface area contributed by atoms with E-state index in [1.54, 1.807) is 0 Å². The van der Waals surface area contributed by atoms with Crippen molar-refractivity contribution in [1.82, 2.24) is 9.88 Å². The molecular weight excluding hydrogens is 268 g/mol. The Kier molecular flexibility index (Phi) is 4.30. The molecule has 110 valence electrons. The Hall–Kier alpha value is -1.20. The summed E-state index contributed by atoms with van der Waals surface area (Å²) in [6, 6.07) is 3.93. The summed E-state index contributed by atoms with van der Waals surface area (Å²) in [5.41, 5.74) is 7.93. The molecule has 2 rings (SSSR count). The molecule has 2 N–H and O–H groups in total. The van der Waals surface area contributed by atoms with E-state index in [9.17, 15) is 0 Å². The van der Waals surface area contributed by atoms with E-state index < -0.39 is 0 Å². The molecule has 1 aliphatic carbocycles. The van der Waals surface area contributed by atoms with Crippen LogP contribution in [-0.2, 0) is 0 Å².